The van der Waals surface area contributed by atoms with Crippen LogP contribution in [0.3, 0.4) is 0 Å². The molecule has 0 radical (unpaired) electrons. The normalized spacial score (nSPS) is 10.8. The fourth-order valence-corrected chi connectivity index (χ4v) is 4.46. The van der Waals surface area contributed by atoms with Crippen molar-refractivity contribution in [1.29, 1.82) is 0 Å². The Bertz CT molecular complexity index is 1370. The first kappa shape index (κ1) is 23.2. The molecule has 0 N–H and O–H groups in total. The molecule has 0 aliphatic heterocycles. The number of carbonyl (C=O) groups excluding carboxylic acids is 3. The number of thiophene rings is 1. The van der Waals surface area contributed by atoms with Gasteiger partial charge in [-0.2, -0.15) is 0 Å². The average Bonchev–Trinajstić information content (AvgIpc) is 3.57. The molecule has 0 bridgehead atoms. The summed E-state index contributed by atoms with van der Waals surface area (Å²) in [5.41, 5.74) is 2.52. The molecule has 0 aliphatic rings. The van der Waals surface area contributed by atoms with Crippen LogP contribution in [-0.2, 0) is 4.74 Å². The lowest BCUT2D eigenvalue weighted by Gasteiger charge is -2.19. The number of aromatic nitrogens is 2. The molecule has 0 saturated heterocycles. The summed E-state index contributed by atoms with van der Waals surface area (Å²) >= 11 is 1.32. The Balaban J connectivity index is 1.50. The molecule has 0 unspecified atom stereocenters. The van der Waals surface area contributed by atoms with Gasteiger partial charge < -0.3 is 14.2 Å². The number of amides is 1. The molecule has 8 nitrogen and oxygen atoms in total. The fraction of sp³-hybridized carbons (Fsp3) is 0.200. The summed E-state index contributed by atoms with van der Waals surface area (Å²) in [6.07, 6.45) is 0. The van der Waals surface area contributed by atoms with Gasteiger partial charge in [0.15, 0.2) is 12.4 Å². The predicted molar refractivity (Wildman–Crippen MR) is 128 cm³/mol. The number of ketones is 1. The van der Waals surface area contributed by atoms with E-state index in [1.807, 2.05) is 16.9 Å². The maximum absolute atomic E-state index is 12.9. The van der Waals surface area contributed by atoms with E-state index < -0.39 is 12.6 Å². The van der Waals surface area contributed by atoms with E-state index in [0.29, 0.717) is 33.4 Å². The first-order chi connectivity index (χ1) is 16.3. The second-order valence-corrected chi connectivity index (χ2v) is 8.72. The number of ether oxygens (including phenoxy) is 1. The number of benzene rings is 1. The molecule has 0 spiro atoms. The molecule has 34 heavy (non-hydrogen) atoms. The highest BCUT2D eigenvalue weighted by Gasteiger charge is 2.23. The third-order valence-corrected chi connectivity index (χ3v) is 6.29. The average molecular weight is 478 g/mol. The van der Waals surface area contributed by atoms with Crippen molar-refractivity contribution in [3.63, 3.8) is 0 Å². The van der Waals surface area contributed by atoms with Crippen LogP contribution in [0.4, 0.5) is 5.69 Å². The minimum absolute atomic E-state index is 0.200. The summed E-state index contributed by atoms with van der Waals surface area (Å²) in [5, 5.41) is 5.83. The molecule has 0 saturated carbocycles. The molecule has 0 atom stereocenters. The topological polar surface area (TPSA) is 94.6 Å². The molecule has 9 heteroatoms. The van der Waals surface area contributed by atoms with Crippen molar-refractivity contribution in [3.05, 3.63) is 87.1 Å². The number of hydrogen-bond donors (Lipinski definition) is 0. The number of anilines is 1. The Kier molecular flexibility index (Phi) is 6.47. The summed E-state index contributed by atoms with van der Waals surface area (Å²) in [5.74, 6) is -0.0209. The first-order valence-electron chi connectivity index (χ1n) is 10.5. The van der Waals surface area contributed by atoms with Crippen LogP contribution in [0.5, 0.6) is 0 Å². The lowest BCUT2D eigenvalue weighted by Crippen LogP contribution is -2.27. The Morgan fingerprint density at radius 3 is 2.50 bits per heavy atom. The first-order valence-corrected chi connectivity index (χ1v) is 11.4. The van der Waals surface area contributed by atoms with Crippen LogP contribution >= 0.6 is 11.3 Å². The maximum Gasteiger partial charge on any atom is 0.340 e. The van der Waals surface area contributed by atoms with Crippen LogP contribution in [-0.4, -0.2) is 41.0 Å². The third kappa shape index (κ3) is 4.42. The van der Waals surface area contributed by atoms with Crippen molar-refractivity contribution in [1.82, 2.24) is 9.72 Å². The van der Waals surface area contributed by atoms with Crippen LogP contribution in [0.2, 0.25) is 0 Å². The van der Waals surface area contributed by atoms with Crippen LogP contribution in [0.1, 0.15) is 47.5 Å². The minimum atomic E-state index is -0.685. The molecule has 0 fully saturated rings. The molecular formula is C25H23N3O5S. The smallest absolute Gasteiger partial charge is 0.340 e. The molecule has 3 heterocycles. The van der Waals surface area contributed by atoms with Gasteiger partial charge in [0, 0.05) is 30.1 Å². The third-order valence-electron chi connectivity index (χ3n) is 5.43. The fourth-order valence-electron chi connectivity index (χ4n) is 3.76. The van der Waals surface area contributed by atoms with E-state index in [4.69, 9.17) is 9.26 Å². The zero-order chi connectivity index (χ0) is 24.4. The molecule has 1 aromatic carbocycles. The summed E-state index contributed by atoms with van der Waals surface area (Å²) in [6.45, 7) is 5.01. The number of aryl methyl sites for hydroxylation is 2. The Morgan fingerprint density at radius 2 is 1.82 bits per heavy atom. The number of nitrogens with zero attached hydrogens (tertiary/aromatic N) is 3. The quantitative estimate of drug-likeness (QED) is 0.281. The van der Waals surface area contributed by atoms with E-state index >= 15 is 0 Å². The summed E-state index contributed by atoms with van der Waals surface area (Å²) < 4.78 is 12.3. The van der Waals surface area contributed by atoms with Gasteiger partial charge in [0.2, 0.25) is 5.78 Å². The van der Waals surface area contributed by atoms with Crippen LogP contribution in [0.15, 0.2) is 58.4 Å². The zero-order valence-corrected chi connectivity index (χ0v) is 20.0. The van der Waals surface area contributed by atoms with Crippen LogP contribution in [0.25, 0.3) is 5.82 Å². The monoisotopic (exact) mass is 477 g/mol. The molecule has 3 aromatic heterocycles. The number of carbonyl (C=O) groups is 3. The second kappa shape index (κ2) is 9.48. The van der Waals surface area contributed by atoms with Gasteiger partial charge >= 0.3 is 5.97 Å². The molecule has 174 valence electrons. The lowest BCUT2D eigenvalue weighted by molar-refractivity contribution is 0.0475. The van der Waals surface area contributed by atoms with Crippen LogP contribution < -0.4 is 4.90 Å². The maximum atomic E-state index is 12.9. The molecule has 4 rings (SSSR count). The largest absolute Gasteiger partial charge is 0.454 e. The van der Waals surface area contributed by atoms with Gasteiger partial charge in [0.1, 0.15) is 5.76 Å². The molecule has 0 aliphatic carbocycles. The van der Waals surface area contributed by atoms with E-state index in [2.05, 4.69) is 5.16 Å². The molecule has 4 aromatic rings. The standard InChI is InChI=1S/C25H23N3O5S/c1-15-12-19(17(3)28(15)23-13-16(2)33-26-23)21(29)14-32-25(31)18-8-5-6-9-20(18)27(4)24(30)22-10-7-11-34-22/h5-13H,14H2,1-4H3. The number of hydrogen-bond acceptors (Lipinski definition) is 7. The van der Waals surface area contributed by atoms with Gasteiger partial charge in [0.05, 0.1) is 16.1 Å². The number of esters is 1. The summed E-state index contributed by atoms with van der Waals surface area (Å²) in [6, 6.07) is 13.7. The second-order valence-electron chi connectivity index (χ2n) is 7.77. The van der Waals surface area contributed by atoms with Gasteiger partial charge in [0.25, 0.3) is 5.91 Å². The van der Waals surface area contributed by atoms with Crippen molar-refractivity contribution in [2.75, 3.05) is 18.6 Å². The predicted octanol–water partition coefficient (Wildman–Crippen LogP) is 4.77. The van der Waals surface area contributed by atoms with Gasteiger partial charge in [-0.05, 0) is 50.4 Å². The van der Waals surface area contributed by atoms with Crippen molar-refractivity contribution in [2.45, 2.75) is 20.8 Å². The van der Waals surface area contributed by atoms with E-state index in [9.17, 15) is 14.4 Å². The Hall–Kier alpha value is -3.98. The minimum Gasteiger partial charge on any atom is -0.454 e. The SMILES string of the molecule is Cc1cc(-n2c(C)cc(C(=O)COC(=O)c3ccccc3N(C)C(=O)c3cccs3)c2C)no1. The van der Waals surface area contributed by atoms with Crippen LogP contribution in [0, 0.1) is 20.8 Å². The van der Waals surface area contributed by atoms with Gasteiger partial charge in [-0.15, -0.1) is 11.3 Å². The number of Topliss-reactive ketones (excluding diaryl/α,β-unsaturated/α-hetero) is 1. The number of rotatable bonds is 7. The summed E-state index contributed by atoms with van der Waals surface area (Å²) in [4.78, 5) is 40.4. The van der Waals surface area contributed by atoms with E-state index in [1.54, 1.807) is 69.4 Å². The van der Waals surface area contributed by atoms with Gasteiger partial charge in [-0.1, -0.05) is 23.4 Å². The van der Waals surface area contributed by atoms with Gasteiger partial charge in [-0.3, -0.25) is 14.2 Å². The van der Waals surface area contributed by atoms with Crippen molar-refractivity contribution >= 4 is 34.7 Å². The molecule has 1 amide bonds. The Labute approximate surface area is 200 Å². The van der Waals surface area contributed by atoms with Crippen molar-refractivity contribution in [3.8, 4) is 5.82 Å². The van der Waals surface area contributed by atoms with E-state index in [0.717, 1.165) is 5.69 Å². The number of para-hydroxylation sites is 1. The highest BCUT2D eigenvalue weighted by molar-refractivity contribution is 7.12. The Morgan fingerprint density at radius 1 is 1.06 bits per heavy atom. The van der Waals surface area contributed by atoms with E-state index in [-0.39, 0.29) is 17.3 Å². The highest BCUT2D eigenvalue weighted by atomic mass is 32.1. The lowest BCUT2D eigenvalue weighted by atomic mass is 10.1. The van der Waals surface area contributed by atoms with E-state index in [1.165, 1.54) is 16.2 Å². The molecular weight excluding hydrogens is 454 g/mol. The summed E-state index contributed by atoms with van der Waals surface area (Å²) in [7, 11) is 1.60. The zero-order valence-electron chi connectivity index (χ0n) is 19.2. The van der Waals surface area contributed by atoms with Crippen molar-refractivity contribution < 1.29 is 23.6 Å². The van der Waals surface area contributed by atoms with Crippen molar-refractivity contribution in [2.24, 2.45) is 0 Å². The van der Waals surface area contributed by atoms with Gasteiger partial charge in [-0.25, -0.2) is 4.79 Å². The highest BCUT2D eigenvalue weighted by Crippen LogP contribution is 2.24.